The third kappa shape index (κ3) is 9.32. The van der Waals surface area contributed by atoms with Crippen LogP contribution in [0.1, 0.15) is 34.1 Å². The molecular weight excluding hydrogens is 343 g/mol. The van der Waals surface area contributed by atoms with Crippen LogP contribution in [0, 0.1) is 11.8 Å². The second-order valence-corrected chi connectivity index (χ2v) is 7.10. The van der Waals surface area contributed by atoms with E-state index in [1.807, 2.05) is 26.0 Å². The summed E-state index contributed by atoms with van der Waals surface area (Å²) < 4.78 is 14.5. The Hall–Kier alpha value is -2.67. The van der Waals surface area contributed by atoms with Crippen molar-refractivity contribution in [2.75, 3.05) is 0 Å². The molecule has 150 valence electrons. The largest absolute Gasteiger partial charge is 0.207 e. The smallest absolute Gasteiger partial charge is 0.126 e. The molecule has 0 N–H and O–H groups in total. The molecule has 0 aliphatic heterocycles. The van der Waals surface area contributed by atoms with Crippen molar-refractivity contribution in [1.82, 2.24) is 0 Å². The molecule has 28 heavy (non-hydrogen) atoms. The van der Waals surface area contributed by atoms with Gasteiger partial charge in [0.25, 0.3) is 0 Å². The number of hydrogen-bond acceptors (Lipinski definition) is 0. The van der Waals surface area contributed by atoms with Crippen LogP contribution < -0.4 is 0 Å². The van der Waals surface area contributed by atoms with Crippen molar-refractivity contribution < 1.29 is 4.39 Å². The number of hydrogen-bond donors (Lipinski definition) is 0. The highest BCUT2D eigenvalue weighted by Crippen LogP contribution is 2.24. The van der Waals surface area contributed by atoms with E-state index in [2.05, 4.69) is 59.4 Å². The number of rotatable bonds is 12. The average molecular weight is 379 g/mol. The lowest BCUT2D eigenvalue weighted by atomic mass is 9.96. The van der Waals surface area contributed by atoms with E-state index >= 15 is 0 Å². The van der Waals surface area contributed by atoms with Crippen LogP contribution in [0.5, 0.6) is 0 Å². The third-order valence-corrected chi connectivity index (χ3v) is 4.56. The average Bonchev–Trinajstić information content (AvgIpc) is 2.68. The number of allylic oxidation sites excluding steroid dienone is 14. The van der Waals surface area contributed by atoms with Gasteiger partial charge in [-0.05, 0) is 46.8 Å². The second kappa shape index (κ2) is 12.7. The van der Waals surface area contributed by atoms with Crippen molar-refractivity contribution in [3.05, 3.63) is 121 Å². The van der Waals surface area contributed by atoms with Crippen molar-refractivity contribution in [3.8, 4) is 0 Å². The summed E-state index contributed by atoms with van der Waals surface area (Å²) in [5.41, 5.74) is 4.05. The van der Waals surface area contributed by atoms with Crippen LogP contribution in [-0.2, 0) is 0 Å². The number of halogens is 1. The van der Waals surface area contributed by atoms with Crippen LogP contribution in [0.2, 0.25) is 0 Å². The van der Waals surface area contributed by atoms with Crippen LogP contribution in [0.15, 0.2) is 121 Å². The molecule has 0 nitrogen and oxygen atoms in total. The Morgan fingerprint density at radius 3 is 1.82 bits per heavy atom. The summed E-state index contributed by atoms with van der Waals surface area (Å²) in [6.07, 6.45) is 13.7. The quantitative estimate of drug-likeness (QED) is 0.236. The molecule has 0 heterocycles. The Balaban J connectivity index is 5.03. The van der Waals surface area contributed by atoms with Gasteiger partial charge >= 0.3 is 0 Å². The van der Waals surface area contributed by atoms with Gasteiger partial charge in [-0.3, -0.25) is 0 Å². The summed E-state index contributed by atoms with van der Waals surface area (Å²) in [4.78, 5) is 0. The van der Waals surface area contributed by atoms with Gasteiger partial charge in [-0.15, -0.1) is 0 Å². The topological polar surface area (TPSA) is 0 Å². The molecule has 0 bridgehead atoms. The van der Waals surface area contributed by atoms with Crippen molar-refractivity contribution in [1.29, 1.82) is 0 Å². The van der Waals surface area contributed by atoms with Gasteiger partial charge in [-0.25, -0.2) is 4.39 Å². The Kier molecular flexibility index (Phi) is 11.5. The monoisotopic (exact) mass is 378 g/mol. The van der Waals surface area contributed by atoms with E-state index in [4.69, 9.17) is 0 Å². The second-order valence-electron chi connectivity index (χ2n) is 7.10. The van der Waals surface area contributed by atoms with Crippen molar-refractivity contribution in [2.45, 2.75) is 34.1 Å². The zero-order valence-electron chi connectivity index (χ0n) is 18.0. The van der Waals surface area contributed by atoms with Crippen molar-refractivity contribution >= 4 is 0 Å². The lowest BCUT2D eigenvalue weighted by Gasteiger charge is -2.11. The molecule has 2 atom stereocenters. The van der Waals surface area contributed by atoms with E-state index in [9.17, 15) is 4.39 Å². The molecule has 0 aromatic heterocycles. The van der Waals surface area contributed by atoms with Crippen molar-refractivity contribution in [2.24, 2.45) is 11.8 Å². The Morgan fingerprint density at radius 1 is 0.857 bits per heavy atom. The summed E-state index contributed by atoms with van der Waals surface area (Å²) in [5, 5.41) is 0. The van der Waals surface area contributed by atoms with Crippen LogP contribution in [0.3, 0.4) is 0 Å². The third-order valence-electron chi connectivity index (χ3n) is 4.56. The molecule has 0 aromatic rings. The fourth-order valence-corrected chi connectivity index (χ4v) is 2.01. The normalized spacial score (nSPS) is 14.8. The van der Waals surface area contributed by atoms with E-state index in [0.29, 0.717) is 22.6 Å². The first-order chi connectivity index (χ1) is 13.0. The Labute approximate surface area is 171 Å². The van der Waals surface area contributed by atoms with Crippen molar-refractivity contribution in [3.63, 3.8) is 0 Å². The molecule has 0 amide bonds. The van der Waals surface area contributed by atoms with Gasteiger partial charge in [0.05, 0.1) is 0 Å². The van der Waals surface area contributed by atoms with Crippen LogP contribution in [0.4, 0.5) is 4.39 Å². The molecule has 1 heteroatoms. The maximum absolute atomic E-state index is 14.5. The van der Waals surface area contributed by atoms with Crippen LogP contribution >= 0.6 is 0 Å². The van der Waals surface area contributed by atoms with E-state index in [0.717, 1.165) is 23.1 Å². The minimum absolute atomic E-state index is 0.0788. The first-order valence-corrected chi connectivity index (χ1v) is 9.53. The summed E-state index contributed by atoms with van der Waals surface area (Å²) in [6, 6.07) is 0. The van der Waals surface area contributed by atoms with Gasteiger partial charge in [0.1, 0.15) is 5.83 Å². The van der Waals surface area contributed by atoms with Crippen LogP contribution in [-0.4, -0.2) is 0 Å². The lowest BCUT2D eigenvalue weighted by molar-refractivity contribution is 0.621. The summed E-state index contributed by atoms with van der Waals surface area (Å²) in [5.74, 6) is 0.00797. The molecule has 0 saturated heterocycles. The standard InChI is InChI=1S/C27H35F/c1-11-19(3)13-14-23(7)26(10)27(28)18-25(9)22(6)16-15-21(5)24(8)17-20(4)12-2/h12-19,23H,2,5-6,8-11H2,1,3-4,7H3/b14-13-,16-15-,20-17-,27-18+. The summed E-state index contributed by atoms with van der Waals surface area (Å²) in [6.45, 7) is 31.5. The molecule has 0 aliphatic carbocycles. The molecule has 0 aliphatic rings. The predicted octanol–water partition coefficient (Wildman–Crippen LogP) is 8.55. The SMILES string of the molecule is C=C/C(C)=C\C(=C)C(=C)/C=C\C(=C)C(=C)/C=C(/F)C(=C)C(C)/C=C\C(C)CC. The predicted molar refractivity (Wildman–Crippen MR) is 126 cm³/mol. The molecule has 0 radical (unpaired) electrons. The fourth-order valence-electron chi connectivity index (χ4n) is 2.01. The van der Waals surface area contributed by atoms with Gasteiger partial charge in [0, 0.05) is 5.92 Å². The fraction of sp³-hybridized carbons (Fsp3) is 0.259. The lowest BCUT2D eigenvalue weighted by Crippen LogP contribution is -1.97. The highest BCUT2D eigenvalue weighted by Gasteiger charge is 2.09. The minimum Gasteiger partial charge on any atom is -0.207 e. The van der Waals surface area contributed by atoms with E-state index in [1.165, 1.54) is 6.08 Å². The molecule has 2 unspecified atom stereocenters. The van der Waals surface area contributed by atoms with Gasteiger partial charge in [-0.1, -0.05) is 109 Å². The van der Waals surface area contributed by atoms with Gasteiger partial charge in [0.2, 0.25) is 0 Å². The first kappa shape index (κ1) is 25.3. The van der Waals surface area contributed by atoms with Gasteiger partial charge in [0.15, 0.2) is 0 Å². The molecule has 0 rings (SSSR count). The summed E-state index contributed by atoms with van der Waals surface area (Å²) >= 11 is 0. The highest BCUT2D eigenvalue weighted by atomic mass is 19.1. The summed E-state index contributed by atoms with van der Waals surface area (Å²) in [7, 11) is 0. The zero-order valence-corrected chi connectivity index (χ0v) is 18.0. The molecule has 0 fully saturated rings. The van der Waals surface area contributed by atoms with Gasteiger partial charge < -0.3 is 0 Å². The minimum atomic E-state index is -0.381. The van der Waals surface area contributed by atoms with E-state index in [-0.39, 0.29) is 11.7 Å². The van der Waals surface area contributed by atoms with E-state index < -0.39 is 0 Å². The molecule has 0 saturated carbocycles. The van der Waals surface area contributed by atoms with E-state index in [1.54, 1.807) is 18.2 Å². The maximum atomic E-state index is 14.5. The highest BCUT2D eigenvalue weighted by molar-refractivity contribution is 5.51. The molecular formula is C27H35F. The van der Waals surface area contributed by atoms with Crippen LogP contribution in [0.25, 0.3) is 0 Å². The zero-order chi connectivity index (χ0) is 21.9. The maximum Gasteiger partial charge on any atom is 0.126 e. The first-order valence-electron chi connectivity index (χ1n) is 9.53. The van der Waals surface area contributed by atoms with Gasteiger partial charge in [-0.2, -0.15) is 0 Å². The Morgan fingerprint density at radius 2 is 1.36 bits per heavy atom. The molecule has 0 spiro atoms. The Bertz CT molecular complexity index is 762. The molecule has 0 aromatic carbocycles.